The third-order valence-electron chi connectivity index (χ3n) is 3.21. The first-order valence-corrected chi connectivity index (χ1v) is 7.22. The Bertz CT molecular complexity index is 581. The number of carbonyl (C=O) groups excluding carboxylic acids is 1. The number of nitrogens with zero attached hydrogens (tertiary/aromatic N) is 1. The number of aliphatic hydroxyl groups is 1. The van der Waals surface area contributed by atoms with Crippen molar-refractivity contribution in [1.82, 2.24) is 4.90 Å². The van der Waals surface area contributed by atoms with E-state index in [1.165, 1.54) is 6.08 Å². The number of ether oxygens (including phenoxy) is 1. The van der Waals surface area contributed by atoms with Crippen LogP contribution in [0.25, 0.3) is 6.08 Å². The van der Waals surface area contributed by atoms with Crippen LogP contribution in [0.5, 0.6) is 5.75 Å². The molecular weight excluding hydrogens is 290 g/mol. The van der Waals surface area contributed by atoms with E-state index >= 15 is 0 Å². The lowest BCUT2D eigenvalue weighted by atomic mass is 10.1. The van der Waals surface area contributed by atoms with Gasteiger partial charge < -0.3 is 14.7 Å². The average Bonchev–Trinajstić information content (AvgIpc) is 2.49. The summed E-state index contributed by atoms with van der Waals surface area (Å²) in [6.07, 6.45) is 5.20. The molecule has 0 aromatic heterocycles. The SMILES string of the molecule is CCN(CCO)C(=O)/C=C/C1=Cc2cc(Cl)ccc2OC1. The summed E-state index contributed by atoms with van der Waals surface area (Å²) in [5.41, 5.74) is 1.81. The molecule has 112 valence electrons. The quantitative estimate of drug-likeness (QED) is 0.850. The van der Waals surface area contributed by atoms with Gasteiger partial charge in [0.1, 0.15) is 12.4 Å². The molecule has 0 atom stereocenters. The summed E-state index contributed by atoms with van der Waals surface area (Å²) in [4.78, 5) is 13.5. The number of aliphatic hydroxyl groups excluding tert-OH is 1. The Hall–Kier alpha value is -1.78. The second kappa shape index (κ2) is 7.29. The zero-order valence-corrected chi connectivity index (χ0v) is 12.6. The number of halogens is 1. The van der Waals surface area contributed by atoms with Gasteiger partial charge in [-0.05, 0) is 36.8 Å². The molecule has 1 aromatic carbocycles. The summed E-state index contributed by atoms with van der Waals surface area (Å²) < 4.78 is 5.61. The number of hydrogen-bond acceptors (Lipinski definition) is 3. The van der Waals surface area contributed by atoms with Gasteiger partial charge in [0.05, 0.1) is 6.61 Å². The number of hydrogen-bond donors (Lipinski definition) is 1. The topological polar surface area (TPSA) is 49.8 Å². The van der Waals surface area contributed by atoms with E-state index in [0.29, 0.717) is 24.7 Å². The van der Waals surface area contributed by atoms with Gasteiger partial charge in [0, 0.05) is 29.8 Å². The van der Waals surface area contributed by atoms with E-state index in [-0.39, 0.29) is 12.5 Å². The Morgan fingerprint density at radius 2 is 2.33 bits per heavy atom. The van der Waals surface area contributed by atoms with E-state index in [0.717, 1.165) is 16.9 Å². The van der Waals surface area contributed by atoms with Crippen molar-refractivity contribution in [1.29, 1.82) is 0 Å². The Labute approximate surface area is 129 Å². The number of likely N-dealkylation sites (N-methyl/N-ethyl adjacent to an activating group) is 1. The van der Waals surface area contributed by atoms with E-state index in [1.807, 2.05) is 25.1 Å². The second-order valence-electron chi connectivity index (χ2n) is 4.66. The average molecular weight is 308 g/mol. The van der Waals surface area contributed by atoms with Gasteiger partial charge in [0.25, 0.3) is 0 Å². The molecule has 0 saturated carbocycles. The predicted molar refractivity (Wildman–Crippen MR) is 83.4 cm³/mol. The second-order valence-corrected chi connectivity index (χ2v) is 5.10. The Kier molecular flexibility index (Phi) is 5.42. The van der Waals surface area contributed by atoms with Crippen LogP contribution < -0.4 is 4.74 Å². The molecule has 1 aromatic rings. The Morgan fingerprint density at radius 1 is 1.52 bits per heavy atom. The van der Waals surface area contributed by atoms with Crippen LogP contribution in [-0.2, 0) is 4.79 Å². The molecule has 0 fully saturated rings. The summed E-state index contributed by atoms with van der Waals surface area (Å²) in [6, 6.07) is 5.45. The summed E-state index contributed by atoms with van der Waals surface area (Å²) in [5.74, 6) is 0.669. The number of rotatable bonds is 5. The van der Waals surface area contributed by atoms with Crippen LogP contribution in [0.4, 0.5) is 0 Å². The molecular formula is C16H18ClNO3. The molecule has 2 rings (SSSR count). The predicted octanol–water partition coefficient (Wildman–Crippen LogP) is 2.51. The maximum absolute atomic E-state index is 11.9. The first-order valence-electron chi connectivity index (χ1n) is 6.84. The maximum Gasteiger partial charge on any atom is 0.246 e. The lowest BCUT2D eigenvalue weighted by Crippen LogP contribution is -2.31. The summed E-state index contributed by atoms with van der Waals surface area (Å²) in [5, 5.41) is 9.56. The molecule has 1 aliphatic rings. The van der Waals surface area contributed by atoms with Crippen molar-refractivity contribution in [2.45, 2.75) is 6.92 Å². The van der Waals surface area contributed by atoms with Crippen molar-refractivity contribution in [2.24, 2.45) is 0 Å². The molecule has 0 radical (unpaired) electrons. The van der Waals surface area contributed by atoms with Crippen molar-refractivity contribution in [3.05, 3.63) is 46.5 Å². The number of benzene rings is 1. The molecule has 4 nitrogen and oxygen atoms in total. The smallest absolute Gasteiger partial charge is 0.246 e. The van der Waals surface area contributed by atoms with Crippen LogP contribution in [0.2, 0.25) is 5.02 Å². The minimum atomic E-state index is -0.121. The zero-order valence-electron chi connectivity index (χ0n) is 11.9. The molecule has 0 saturated heterocycles. The number of amides is 1. The Balaban J connectivity index is 2.10. The first kappa shape index (κ1) is 15.6. The molecule has 1 aliphatic heterocycles. The van der Waals surface area contributed by atoms with Crippen molar-refractivity contribution < 1.29 is 14.6 Å². The highest BCUT2D eigenvalue weighted by atomic mass is 35.5. The lowest BCUT2D eigenvalue weighted by Gasteiger charge is -2.18. The number of fused-ring (bicyclic) bond motifs is 1. The van der Waals surface area contributed by atoms with Crippen LogP contribution in [0, 0.1) is 0 Å². The van der Waals surface area contributed by atoms with Gasteiger partial charge in [-0.1, -0.05) is 17.7 Å². The zero-order chi connectivity index (χ0) is 15.2. The maximum atomic E-state index is 11.9. The van der Waals surface area contributed by atoms with Gasteiger partial charge in [0.2, 0.25) is 5.91 Å². The van der Waals surface area contributed by atoms with E-state index < -0.39 is 0 Å². The van der Waals surface area contributed by atoms with Crippen molar-refractivity contribution in [2.75, 3.05) is 26.3 Å². The van der Waals surface area contributed by atoms with Crippen molar-refractivity contribution >= 4 is 23.6 Å². The highest BCUT2D eigenvalue weighted by molar-refractivity contribution is 6.30. The Morgan fingerprint density at radius 3 is 3.05 bits per heavy atom. The summed E-state index contributed by atoms with van der Waals surface area (Å²) >= 11 is 5.96. The number of carbonyl (C=O) groups is 1. The van der Waals surface area contributed by atoms with Crippen LogP contribution in [0.3, 0.4) is 0 Å². The highest BCUT2D eigenvalue weighted by Gasteiger charge is 2.11. The van der Waals surface area contributed by atoms with Gasteiger partial charge in [0.15, 0.2) is 0 Å². The van der Waals surface area contributed by atoms with Crippen LogP contribution in [-0.4, -0.2) is 42.2 Å². The van der Waals surface area contributed by atoms with Gasteiger partial charge in [-0.2, -0.15) is 0 Å². The monoisotopic (exact) mass is 307 g/mol. The summed E-state index contributed by atoms with van der Waals surface area (Å²) in [7, 11) is 0. The van der Waals surface area contributed by atoms with E-state index in [9.17, 15) is 4.79 Å². The largest absolute Gasteiger partial charge is 0.488 e. The fourth-order valence-electron chi connectivity index (χ4n) is 2.09. The summed E-state index contributed by atoms with van der Waals surface area (Å²) in [6.45, 7) is 3.17. The fraction of sp³-hybridized carbons (Fsp3) is 0.312. The van der Waals surface area contributed by atoms with Crippen LogP contribution in [0.1, 0.15) is 12.5 Å². The third-order valence-corrected chi connectivity index (χ3v) is 3.45. The van der Waals surface area contributed by atoms with Crippen LogP contribution >= 0.6 is 11.6 Å². The van der Waals surface area contributed by atoms with E-state index in [1.54, 1.807) is 17.0 Å². The molecule has 1 heterocycles. The minimum absolute atomic E-state index is 0.0366. The van der Waals surface area contributed by atoms with Gasteiger partial charge in [-0.15, -0.1) is 0 Å². The lowest BCUT2D eigenvalue weighted by molar-refractivity contribution is -0.126. The standard InChI is InChI=1S/C16H18ClNO3/c1-2-18(7-8-19)16(20)6-3-12-9-13-10-14(17)4-5-15(13)21-11-12/h3-6,9-10,19H,2,7-8,11H2,1H3/b6-3+. The highest BCUT2D eigenvalue weighted by Crippen LogP contribution is 2.29. The van der Waals surface area contributed by atoms with Gasteiger partial charge >= 0.3 is 0 Å². The molecule has 21 heavy (non-hydrogen) atoms. The van der Waals surface area contributed by atoms with E-state index in [4.69, 9.17) is 21.4 Å². The fourth-order valence-corrected chi connectivity index (χ4v) is 2.27. The molecule has 0 unspecified atom stereocenters. The van der Waals surface area contributed by atoms with Crippen molar-refractivity contribution in [3.8, 4) is 5.75 Å². The normalized spacial score (nSPS) is 13.6. The molecule has 0 aliphatic carbocycles. The molecule has 1 amide bonds. The van der Waals surface area contributed by atoms with E-state index in [2.05, 4.69) is 0 Å². The first-order chi connectivity index (χ1) is 10.1. The minimum Gasteiger partial charge on any atom is -0.488 e. The molecule has 1 N–H and O–H groups in total. The third kappa shape index (κ3) is 4.09. The van der Waals surface area contributed by atoms with Gasteiger partial charge in [-0.25, -0.2) is 0 Å². The molecule has 0 spiro atoms. The van der Waals surface area contributed by atoms with Crippen molar-refractivity contribution in [3.63, 3.8) is 0 Å². The molecule has 5 heteroatoms. The van der Waals surface area contributed by atoms with Crippen LogP contribution in [0.15, 0.2) is 35.9 Å². The van der Waals surface area contributed by atoms with Gasteiger partial charge in [-0.3, -0.25) is 4.79 Å². The molecule has 0 bridgehead atoms.